The summed E-state index contributed by atoms with van der Waals surface area (Å²) in [6.07, 6.45) is -3.22. The molecule has 0 spiro atoms. The lowest BCUT2D eigenvalue weighted by Gasteiger charge is -2.10. The Morgan fingerprint density at radius 2 is 2.10 bits per heavy atom. The lowest BCUT2D eigenvalue weighted by Crippen LogP contribution is -2.22. The van der Waals surface area contributed by atoms with Gasteiger partial charge in [-0.05, 0) is 0 Å². The maximum atomic E-state index is 11.6. The Bertz CT molecular complexity index is 147. The van der Waals surface area contributed by atoms with Crippen LogP contribution in [0.4, 0.5) is 13.2 Å². The highest BCUT2D eigenvalue weighted by Gasteiger charge is 2.35. The van der Waals surface area contributed by atoms with Crippen molar-refractivity contribution in [1.29, 1.82) is 0 Å². The third-order valence-electron chi connectivity index (χ3n) is 0.988. The summed E-state index contributed by atoms with van der Waals surface area (Å²) in [6, 6.07) is 0. The molecule has 0 bridgehead atoms. The fourth-order valence-corrected chi connectivity index (χ4v) is 0.278. The molecule has 1 unspecified atom stereocenters. The Morgan fingerprint density at radius 1 is 1.60 bits per heavy atom. The third-order valence-corrected chi connectivity index (χ3v) is 0.988. The molecule has 0 aliphatic heterocycles. The number of alkyl halides is 3. The highest BCUT2D eigenvalue weighted by atomic mass is 19.4. The van der Waals surface area contributed by atoms with Crippen molar-refractivity contribution in [1.82, 2.24) is 0 Å². The summed E-state index contributed by atoms with van der Waals surface area (Å²) in [5.41, 5.74) is 0. The van der Waals surface area contributed by atoms with Crippen molar-refractivity contribution in [2.45, 2.75) is 13.1 Å². The van der Waals surface area contributed by atoms with Gasteiger partial charge in [0.2, 0.25) is 6.08 Å². The van der Waals surface area contributed by atoms with Crippen molar-refractivity contribution in [2.24, 2.45) is 10.9 Å². The van der Waals surface area contributed by atoms with Crippen LogP contribution in [0.25, 0.3) is 0 Å². The Kier molecular flexibility index (Phi) is 3.09. The van der Waals surface area contributed by atoms with Crippen LogP contribution < -0.4 is 0 Å². The molecule has 0 aromatic rings. The van der Waals surface area contributed by atoms with Crippen molar-refractivity contribution in [3.05, 3.63) is 0 Å². The number of hydrogen-bond donors (Lipinski definition) is 0. The van der Waals surface area contributed by atoms with E-state index in [2.05, 4.69) is 4.99 Å². The average Bonchev–Trinajstić information content (AvgIpc) is 1.80. The van der Waals surface area contributed by atoms with E-state index in [1.54, 1.807) is 0 Å². The zero-order valence-electron chi connectivity index (χ0n) is 5.27. The van der Waals surface area contributed by atoms with Crippen LogP contribution in [0.2, 0.25) is 0 Å². The molecule has 0 rings (SSSR count). The molecule has 0 amide bonds. The smallest absolute Gasteiger partial charge is 0.211 e. The summed E-state index contributed by atoms with van der Waals surface area (Å²) in [5.74, 6) is -1.56. The second-order valence-electron chi connectivity index (χ2n) is 1.87. The molecule has 0 saturated carbocycles. The van der Waals surface area contributed by atoms with Crippen molar-refractivity contribution in [3.63, 3.8) is 0 Å². The minimum absolute atomic E-state index is 0.535. The first-order chi connectivity index (χ1) is 4.48. The Hall–Kier alpha value is -0.830. The molecule has 0 saturated heterocycles. The summed E-state index contributed by atoms with van der Waals surface area (Å²) in [7, 11) is 0. The number of aliphatic imine (C=N–C) groups is 1. The quantitative estimate of drug-likeness (QED) is 0.436. The molecule has 0 fully saturated rings. The van der Waals surface area contributed by atoms with Gasteiger partial charge in [-0.25, -0.2) is 9.79 Å². The SMILES string of the molecule is CC(CN=C=O)C(F)(F)F. The van der Waals surface area contributed by atoms with Crippen molar-refractivity contribution >= 4 is 6.08 Å². The molecule has 0 aromatic heterocycles. The molecule has 0 heterocycles. The molecule has 10 heavy (non-hydrogen) atoms. The van der Waals surface area contributed by atoms with Gasteiger partial charge in [0.1, 0.15) is 0 Å². The van der Waals surface area contributed by atoms with E-state index in [1.807, 2.05) is 0 Å². The van der Waals surface area contributed by atoms with Gasteiger partial charge < -0.3 is 0 Å². The minimum Gasteiger partial charge on any atom is -0.211 e. The Morgan fingerprint density at radius 3 is 2.40 bits per heavy atom. The van der Waals surface area contributed by atoms with Crippen LogP contribution in [-0.2, 0) is 4.79 Å². The van der Waals surface area contributed by atoms with Crippen molar-refractivity contribution in [2.75, 3.05) is 6.54 Å². The highest BCUT2D eigenvalue weighted by Crippen LogP contribution is 2.25. The van der Waals surface area contributed by atoms with Gasteiger partial charge in [-0.3, -0.25) is 0 Å². The van der Waals surface area contributed by atoms with Crippen molar-refractivity contribution in [3.8, 4) is 0 Å². The van der Waals surface area contributed by atoms with Gasteiger partial charge in [0.25, 0.3) is 0 Å². The van der Waals surface area contributed by atoms with Gasteiger partial charge in [-0.15, -0.1) is 0 Å². The number of hydrogen-bond acceptors (Lipinski definition) is 2. The number of nitrogens with zero attached hydrogens (tertiary/aromatic N) is 1. The van der Waals surface area contributed by atoms with E-state index in [9.17, 15) is 18.0 Å². The standard InChI is InChI=1S/C5H6F3NO/c1-4(2-9-3-10)5(6,7)8/h4H,2H2,1H3. The van der Waals surface area contributed by atoms with Crippen LogP contribution in [0.15, 0.2) is 4.99 Å². The first-order valence-corrected chi connectivity index (χ1v) is 2.59. The maximum Gasteiger partial charge on any atom is 0.393 e. The molecule has 0 aliphatic carbocycles. The normalized spacial score (nSPS) is 14.0. The highest BCUT2D eigenvalue weighted by molar-refractivity contribution is 5.32. The number of carbonyl (C=O) groups excluding carboxylic acids is 1. The summed E-state index contributed by atoms with van der Waals surface area (Å²) >= 11 is 0. The summed E-state index contributed by atoms with van der Waals surface area (Å²) in [5, 5.41) is 0. The fourth-order valence-electron chi connectivity index (χ4n) is 0.278. The van der Waals surface area contributed by atoms with Crippen LogP contribution >= 0.6 is 0 Å². The van der Waals surface area contributed by atoms with Gasteiger partial charge in [-0.2, -0.15) is 13.2 Å². The third kappa shape index (κ3) is 3.25. The molecule has 0 aliphatic rings. The zero-order chi connectivity index (χ0) is 8.20. The minimum atomic E-state index is -4.26. The van der Waals surface area contributed by atoms with E-state index in [-0.39, 0.29) is 0 Å². The predicted octanol–water partition coefficient (Wildman–Crippen LogP) is 1.52. The number of rotatable bonds is 2. The topological polar surface area (TPSA) is 29.4 Å². The van der Waals surface area contributed by atoms with Gasteiger partial charge in [-0.1, -0.05) is 6.92 Å². The van der Waals surface area contributed by atoms with E-state index in [0.29, 0.717) is 0 Å². The van der Waals surface area contributed by atoms with Crippen LogP contribution in [0.5, 0.6) is 0 Å². The number of isocyanates is 1. The van der Waals surface area contributed by atoms with Crippen molar-refractivity contribution < 1.29 is 18.0 Å². The first-order valence-electron chi connectivity index (χ1n) is 2.59. The average molecular weight is 153 g/mol. The number of halogens is 3. The van der Waals surface area contributed by atoms with Gasteiger partial charge in [0.05, 0.1) is 12.5 Å². The molecule has 5 heteroatoms. The van der Waals surface area contributed by atoms with Crippen LogP contribution in [0.3, 0.4) is 0 Å². The summed E-state index contributed by atoms with van der Waals surface area (Å²) in [6.45, 7) is 0.424. The summed E-state index contributed by atoms with van der Waals surface area (Å²) in [4.78, 5) is 12.2. The molecular weight excluding hydrogens is 147 g/mol. The Labute approximate surface area is 55.8 Å². The van der Waals surface area contributed by atoms with Gasteiger partial charge in [0.15, 0.2) is 0 Å². The van der Waals surface area contributed by atoms with E-state index >= 15 is 0 Å². The molecular formula is C5H6F3NO. The van der Waals surface area contributed by atoms with Gasteiger partial charge in [0, 0.05) is 0 Å². The van der Waals surface area contributed by atoms with Crippen LogP contribution in [0.1, 0.15) is 6.92 Å². The second kappa shape index (κ2) is 3.37. The van der Waals surface area contributed by atoms with Crippen LogP contribution in [-0.4, -0.2) is 18.8 Å². The van der Waals surface area contributed by atoms with E-state index in [0.717, 1.165) is 13.0 Å². The van der Waals surface area contributed by atoms with E-state index in [1.165, 1.54) is 0 Å². The molecule has 1 atom stereocenters. The molecule has 0 aromatic carbocycles. The maximum absolute atomic E-state index is 11.6. The fraction of sp³-hybridized carbons (Fsp3) is 0.800. The zero-order valence-corrected chi connectivity index (χ0v) is 5.27. The molecule has 58 valence electrons. The lowest BCUT2D eigenvalue weighted by molar-refractivity contribution is -0.166. The first kappa shape index (κ1) is 9.17. The van der Waals surface area contributed by atoms with E-state index in [4.69, 9.17) is 0 Å². The summed E-state index contributed by atoms with van der Waals surface area (Å²) < 4.78 is 34.7. The van der Waals surface area contributed by atoms with E-state index < -0.39 is 18.6 Å². The molecule has 0 radical (unpaired) electrons. The van der Waals surface area contributed by atoms with Crippen LogP contribution in [0, 0.1) is 5.92 Å². The Balaban J connectivity index is 3.84. The molecule has 2 nitrogen and oxygen atoms in total. The second-order valence-corrected chi connectivity index (χ2v) is 1.87. The molecule has 0 N–H and O–H groups in total. The van der Waals surface area contributed by atoms with Gasteiger partial charge >= 0.3 is 6.18 Å². The largest absolute Gasteiger partial charge is 0.393 e. The monoisotopic (exact) mass is 153 g/mol. The lowest BCUT2D eigenvalue weighted by atomic mass is 10.2. The predicted molar refractivity (Wildman–Crippen MR) is 28.2 cm³/mol.